The molecule has 1 unspecified atom stereocenters. The molecule has 0 fully saturated rings. The molecule has 0 aromatic heterocycles. The number of azo groups is 2. The van der Waals surface area contributed by atoms with Gasteiger partial charge in [0.05, 0.1) is 6.20 Å². The van der Waals surface area contributed by atoms with Crippen molar-refractivity contribution >= 4 is 18.1 Å². The third-order valence-electron chi connectivity index (χ3n) is 2.00. The summed E-state index contributed by atoms with van der Waals surface area (Å²) >= 11 is 0. The number of hydrogen-bond acceptors (Lipinski definition) is 6. The first-order chi connectivity index (χ1) is 6.34. The molecule has 0 saturated heterocycles. The first-order valence-electron chi connectivity index (χ1n) is 3.54. The van der Waals surface area contributed by atoms with Crippen LogP contribution in [0.15, 0.2) is 42.3 Å². The fraction of sp³-hybridized carbons (Fsp3) is 0.167. The standard InChI is InChI=1S/C6H2N6O/c13-5-6-3(1-9-12-6)7-2-8-4(6)10-11-5/h1-2H. The molecule has 3 rings (SSSR count). The molecule has 1 spiro atoms. The van der Waals surface area contributed by atoms with Crippen LogP contribution in [-0.2, 0) is 4.79 Å². The van der Waals surface area contributed by atoms with Crippen LogP contribution in [0.5, 0.6) is 0 Å². The highest BCUT2D eigenvalue weighted by Crippen LogP contribution is 2.37. The number of carbonyl (C=O) groups is 1. The zero-order valence-corrected chi connectivity index (χ0v) is 6.25. The van der Waals surface area contributed by atoms with Crippen LogP contribution < -0.4 is 0 Å². The van der Waals surface area contributed by atoms with Gasteiger partial charge in [-0.3, -0.25) is 4.79 Å². The number of rotatable bonds is 0. The number of hydrogen-bond donors (Lipinski definition) is 0. The van der Waals surface area contributed by atoms with Crippen molar-refractivity contribution in [3.8, 4) is 0 Å². The van der Waals surface area contributed by atoms with Crippen LogP contribution in [0.25, 0.3) is 0 Å². The molecule has 0 bridgehead atoms. The minimum atomic E-state index is -1.24. The second-order valence-corrected chi connectivity index (χ2v) is 2.64. The van der Waals surface area contributed by atoms with Gasteiger partial charge < -0.3 is 0 Å². The van der Waals surface area contributed by atoms with Crippen LogP contribution >= 0.6 is 0 Å². The summed E-state index contributed by atoms with van der Waals surface area (Å²) in [5.41, 5.74) is -0.804. The highest BCUT2D eigenvalue weighted by atomic mass is 16.2. The van der Waals surface area contributed by atoms with E-state index in [1.165, 1.54) is 12.5 Å². The lowest BCUT2D eigenvalue weighted by atomic mass is 9.95. The molecule has 7 heteroatoms. The van der Waals surface area contributed by atoms with E-state index in [4.69, 9.17) is 0 Å². The van der Waals surface area contributed by atoms with Crippen molar-refractivity contribution in [1.82, 2.24) is 0 Å². The van der Waals surface area contributed by atoms with Gasteiger partial charge in [0.1, 0.15) is 12.0 Å². The quantitative estimate of drug-likeness (QED) is 0.524. The van der Waals surface area contributed by atoms with E-state index in [-0.39, 0.29) is 5.84 Å². The minimum absolute atomic E-state index is 0.250. The number of nitrogens with zero attached hydrogens (tertiary/aromatic N) is 6. The zero-order chi connectivity index (χ0) is 8.89. The van der Waals surface area contributed by atoms with E-state index in [1.807, 2.05) is 0 Å². The second-order valence-electron chi connectivity index (χ2n) is 2.64. The van der Waals surface area contributed by atoms with Crippen molar-refractivity contribution in [2.45, 2.75) is 5.54 Å². The van der Waals surface area contributed by atoms with E-state index in [9.17, 15) is 4.79 Å². The van der Waals surface area contributed by atoms with E-state index in [2.05, 4.69) is 30.4 Å². The number of amidine groups is 1. The van der Waals surface area contributed by atoms with Crippen LogP contribution in [0.2, 0.25) is 0 Å². The van der Waals surface area contributed by atoms with Crippen molar-refractivity contribution in [2.24, 2.45) is 30.4 Å². The maximum Gasteiger partial charge on any atom is 0.308 e. The lowest BCUT2D eigenvalue weighted by Crippen LogP contribution is -2.40. The van der Waals surface area contributed by atoms with Gasteiger partial charge in [0.25, 0.3) is 5.54 Å². The Morgan fingerprint density at radius 1 is 1.31 bits per heavy atom. The summed E-state index contributed by atoms with van der Waals surface area (Å²) < 4.78 is 0. The second kappa shape index (κ2) is 1.82. The summed E-state index contributed by atoms with van der Waals surface area (Å²) in [6, 6.07) is 0. The average Bonchev–Trinajstić information content (AvgIpc) is 2.69. The third-order valence-corrected chi connectivity index (χ3v) is 2.00. The van der Waals surface area contributed by atoms with Crippen LogP contribution in [0.1, 0.15) is 0 Å². The van der Waals surface area contributed by atoms with Crippen LogP contribution in [0, 0.1) is 0 Å². The number of carbonyl (C=O) groups excluding carboxylic acids is 1. The van der Waals surface area contributed by atoms with Crippen LogP contribution in [0.3, 0.4) is 0 Å². The highest BCUT2D eigenvalue weighted by Gasteiger charge is 2.55. The molecule has 13 heavy (non-hydrogen) atoms. The summed E-state index contributed by atoms with van der Waals surface area (Å²) in [5, 5.41) is 14.4. The van der Waals surface area contributed by atoms with Gasteiger partial charge in [-0.05, 0) is 0 Å². The summed E-state index contributed by atoms with van der Waals surface area (Å²) in [6.45, 7) is 0. The topological polar surface area (TPSA) is 91.2 Å². The Morgan fingerprint density at radius 2 is 2.23 bits per heavy atom. The van der Waals surface area contributed by atoms with Gasteiger partial charge in [-0.2, -0.15) is 10.2 Å². The van der Waals surface area contributed by atoms with Crippen LogP contribution in [0.4, 0.5) is 0 Å². The van der Waals surface area contributed by atoms with Crippen molar-refractivity contribution in [1.29, 1.82) is 0 Å². The smallest absolute Gasteiger partial charge is 0.267 e. The van der Waals surface area contributed by atoms with Crippen molar-refractivity contribution in [2.75, 3.05) is 0 Å². The summed E-state index contributed by atoms with van der Waals surface area (Å²) in [4.78, 5) is 19.1. The van der Waals surface area contributed by atoms with Gasteiger partial charge in [0.2, 0.25) is 0 Å². The van der Waals surface area contributed by atoms with Gasteiger partial charge >= 0.3 is 5.91 Å². The van der Waals surface area contributed by atoms with Gasteiger partial charge in [0.15, 0.2) is 5.84 Å². The predicted molar refractivity (Wildman–Crippen MR) is 41.5 cm³/mol. The predicted octanol–water partition coefficient (Wildman–Crippen LogP) is 0.465. The van der Waals surface area contributed by atoms with E-state index in [1.54, 1.807) is 0 Å². The Hall–Kier alpha value is -2.05. The van der Waals surface area contributed by atoms with E-state index in [0.717, 1.165) is 0 Å². The average molecular weight is 174 g/mol. The zero-order valence-electron chi connectivity index (χ0n) is 6.25. The molecule has 0 aromatic rings. The van der Waals surface area contributed by atoms with Crippen LogP contribution in [-0.4, -0.2) is 23.6 Å². The molecule has 0 radical (unpaired) electrons. The molecule has 0 N–H and O–H groups in total. The fourth-order valence-corrected chi connectivity index (χ4v) is 1.35. The van der Waals surface area contributed by atoms with Crippen molar-refractivity contribution in [3.63, 3.8) is 0 Å². The molecular weight excluding hydrogens is 172 g/mol. The lowest BCUT2D eigenvalue weighted by Gasteiger charge is -2.16. The lowest BCUT2D eigenvalue weighted by molar-refractivity contribution is -0.119. The maximum absolute atomic E-state index is 11.4. The van der Waals surface area contributed by atoms with Gasteiger partial charge in [-0.25, -0.2) is 9.98 Å². The van der Waals surface area contributed by atoms with Gasteiger partial charge in [0, 0.05) is 0 Å². The van der Waals surface area contributed by atoms with Gasteiger partial charge in [-0.15, -0.1) is 10.2 Å². The fourth-order valence-electron chi connectivity index (χ4n) is 1.35. The molecule has 3 aliphatic heterocycles. The summed E-state index contributed by atoms with van der Waals surface area (Å²) in [7, 11) is 0. The molecule has 62 valence electrons. The Bertz CT molecular complexity index is 456. The molecule has 1 amide bonds. The van der Waals surface area contributed by atoms with Crippen molar-refractivity contribution < 1.29 is 4.79 Å². The van der Waals surface area contributed by atoms with E-state index >= 15 is 0 Å². The van der Waals surface area contributed by atoms with E-state index < -0.39 is 11.4 Å². The molecule has 7 nitrogen and oxygen atoms in total. The third kappa shape index (κ3) is 0.546. The molecule has 0 aliphatic carbocycles. The Morgan fingerprint density at radius 3 is 3.15 bits per heavy atom. The molecule has 3 heterocycles. The minimum Gasteiger partial charge on any atom is -0.267 e. The normalized spacial score (nSPS) is 33.1. The number of amides is 1. The van der Waals surface area contributed by atoms with Crippen molar-refractivity contribution in [3.05, 3.63) is 11.9 Å². The maximum atomic E-state index is 11.4. The largest absolute Gasteiger partial charge is 0.308 e. The molecule has 0 aromatic carbocycles. The Balaban J connectivity index is 2.33. The summed E-state index contributed by atoms with van der Waals surface area (Å²) in [6.07, 6.45) is 2.73. The summed E-state index contributed by atoms with van der Waals surface area (Å²) in [5.74, 6) is -0.226. The molecule has 1 atom stereocenters. The number of aliphatic imine (C=N–C) groups is 2. The monoisotopic (exact) mass is 174 g/mol. The molecular formula is C6H2N6O. The Labute approximate surface area is 71.7 Å². The SMILES string of the molecule is O=C1N=NC2=NC=NC3=CN=NC132. The first kappa shape index (κ1) is 6.46. The van der Waals surface area contributed by atoms with E-state index in [0.29, 0.717) is 5.70 Å². The van der Waals surface area contributed by atoms with Gasteiger partial charge in [-0.1, -0.05) is 0 Å². The molecule has 0 saturated carbocycles. The highest BCUT2D eigenvalue weighted by molar-refractivity contribution is 6.22. The first-order valence-corrected chi connectivity index (χ1v) is 3.54. The Kier molecular flexibility index (Phi) is 0.903. The molecule has 3 aliphatic rings.